The molecule has 0 spiro atoms. The second-order valence-corrected chi connectivity index (χ2v) is 15.7. The first-order valence-corrected chi connectivity index (χ1v) is 20.9. The van der Waals surface area contributed by atoms with Crippen LogP contribution in [0.3, 0.4) is 0 Å². The van der Waals surface area contributed by atoms with Gasteiger partial charge in [0.1, 0.15) is 0 Å². The zero-order valence-corrected chi connectivity index (χ0v) is 33.5. The molecule has 0 amide bonds. The van der Waals surface area contributed by atoms with Crippen LogP contribution in [-0.4, -0.2) is 9.97 Å². The van der Waals surface area contributed by atoms with Crippen LogP contribution >= 0.6 is 0 Å². The Balaban J connectivity index is 1.04. The number of benzene rings is 8. The molecular formula is C59H40N2. The summed E-state index contributed by atoms with van der Waals surface area (Å²) in [5, 5.41) is 0. The number of hydrogen-bond acceptors (Lipinski definition) is 2. The zero-order chi connectivity index (χ0) is 40.6. The largest absolute Gasteiger partial charge is 0.256 e. The van der Waals surface area contributed by atoms with Gasteiger partial charge >= 0.3 is 0 Å². The SMILES string of the molecule is c1ccc(-c2ccc(-c3ccc(-c4cccc5c4C(c4ccccc4)(c4ccccc4)c4c(-c6ccc(-c7ccc(-c8ccccc8)nc7)cc6)cccc4-5)cc3)cn2)cc1. The molecule has 2 aromatic heterocycles. The van der Waals surface area contributed by atoms with Crippen molar-refractivity contribution in [3.8, 4) is 78.1 Å². The molecule has 0 unspecified atom stereocenters. The molecule has 8 aromatic carbocycles. The fraction of sp³-hybridized carbons (Fsp3) is 0.0169. The maximum absolute atomic E-state index is 4.83. The molecule has 0 radical (unpaired) electrons. The van der Waals surface area contributed by atoms with Gasteiger partial charge in [0.15, 0.2) is 0 Å². The number of pyridine rings is 2. The average Bonchev–Trinajstić information content (AvgIpc) is 3.67. The Morgan fingerprint density at radius 1 is 0.230 bits per heavy atom. The Morgan fingerprint density at radius 2 is 0.557 bits per heavy atom. The number of hydrogen-bond donors (Lipinski definition) is 0. The Kier molecular flexibility index (Phi) is 9.09. The van der Waals surface area contributed by atoms with Crippen LogP contribution in [0, 0.1) is 0 Å². The highest BCUT2D eigenvalue weighted by molar-refractivity contribution is 5.97. The van der Waals surface area contributed by atoms with Crippen LogP contribution in [0.4, 0.5) is 0 Å². The van der Waals surface area contributed by atoms with Crippen molar-refractivity contribution < 1.29 is 0 Å². The first-order valence-electron chi connectivity index (χ1n) is 20.9. The van der Waals surface area contributed by atoms with Gasteiger partial charge in [-0.25, -0.2) is 0 Å². The van der Waals surface area contributed by atoms with Crippen molar-refractivity contribution in [3.05, 3.63) is 265 Å². The second kappa shape index (κ2) is 15.3. The molecule has 11 rings (SSSR count). The lowest BCUT2D eigenvalue weighted by Gasteiger charge is -2.36. The van der Waals surface area contributed by atoms with Crippen LogP contribution in [0.2, 0.25) is 0 Å². The molecule has 0 saturated heterocycles. The monoisotopic (exact) mass is 776 g/mol. The molecule has 2 nitrogen and oxygen atoms in total. The molecule has 61 heavy (non-hydrogen) atoms. The van der Waals surface area contributed by atoms with Crippen molar-refractivity contribution in [2.45, 2.75) is 5.41 Å². The number of rotatable bonds is 8. The van der Waals surface area contributed by atoms with Crippen molar-refractivity contribution in [1.82, 2.24) is 9.97 Å². The minimum atomic E-state index is -0.605. The van der Waals surface area contributed by atoms with Crippen molar-refractivity contribution in [1.29, 1.82) is 0 Å². The van der Waals surface area contributed by atoms with E-state index in [-0.39, 0.29) is 0 Å². The van der Waals surface area contributed by atoms with Crippen LogP contribution in [0.15, 0.2) is 243 Å². The Hall–Kier alpha value is -7.94. The number of fused-ring (bicyclic) bond motifs is 3. The van der Waals surface area contributed by atoms with E-state index in [2.05, 4.69) is 218 Å². The van der Waals surface area contributed by atoms with Gasteiger partial charge in [-0.05, 0) is 78.9 Å². The first-order chi connectivity index (χ1) is 30.3. The van der Waals surface area contributed by atoms with E-state index in [9.17, 15) is 0 Å². The van der Waals surface area contributed by atoms with Crippen molar-refractivity contribution in [2.24, 2.45) is 0 Å². The van der Waals surface area contributed by atoms with Gasteiger partial charge in [0.2, 0.25) is 0 Å². The predicted molar refractivity (Wildman–Crippen MR) is 252 cm³/mol. The van der Waals surface area contributed by atoms with Gasteiger partial charge in [-0.2, -0.15) is 0 Å². The Bertz CT molecular complexity index is 2890. The van der Waals surface area contributed by atoms with Crippen molar-refractivity contribution in [2.75, 3.05) is 0 Å². The van der Waals surface area contributed by atoms with E-state index in [0.717, 1.165) is 44.8 Å². The smallest absolute Gasteiger partial charge is 0.0725 e. The van der Waals surface area contributed by atoms with Crippen LogP contribution in [0.5, 0.6) is 0 Å². The quantitative estimate of drug-likeness (QED) is 0.154. The zero-order valence-electron chi connectivity index (χ0n) is 33.5. The van der Waals surface area contributed by atoms with Crippen LogP contribution in [-0.2, 0) is 5.41 Å². The molecule has 0 fully saturated rings. The van der Waals surface area contributed by atoms with Crippen LogP contribution in [0.25, 0.3) is 78.1 Å². The third-order valence-electron chi connectivity index (χ3n) is 12.3. The summed E-state index contributed by atoms with van der Waals surface area (Å²) in [6.45, 7) is 0. The van der Waals surface area contributed by atoms with Crippen LogP contribution in [0.1, 0.15) is 22.3 Å². The van der Waals surface area contributed by atoms with Gasteiger partial charge < -0.3 is 0 Å². The van der Waals surface area contributed by atoms with Gasteiger partial charge in [-0.1, -0.05) is 218 Å². The van der Waals surface area contributed by atoms with Crippen molar-refractivity contribution >= 4 is 0 Å². The fourth-order valence-electron chi connectivity index (χ4n) is 9.46. The molecule has 0 bridgehead atoms. The van der Waals surface area contributed by atoms with Gasteiger partial charge in [0, 0.05) is 34.6 Å². The standard InChI is InChI=1S/C59H40N2/c1-5-15-45(16-6-1)55-37-35-47(39-60-55)41-27-31-43(32-28-41)51-23-13-25-53-54-26-14-24-52(58(54)59(57(51)53,49-19-9-3-10-20-49)50-21-11-4-12-22-50)44-33-29-42(30-34-44)48-36-38-56(61-40-48)46-17-7-2-8-18-46/h1-40H. The minimum absolute atomic E-state index is 0.605. The average molecular weight is 777 g/mol. The minimum Gasteiger partial charge on any atom is -0.256 e. The molecule has 286 valence electrons. The summed E-state index contributed by atoms with van der Waals surface area (Å²) in [4.78, 5) is 9.65. The summed E-state index contributed by atoms with van der Waals surface area (Å²) in [7, 11) is 0. The molecule has 0 N–H and O–H groups in total. The molecule has 2 heterocycles. The molecule has 10 aromatic rings. The van der Waals surface area contributed by atoms with Gasteiger partial charge in [-0.15, -0.1) is 0 Å². The third-order valence-corrected chi connectivity index (χ3v) is 12.3. The summed E-state index contributed by atoms with van der Waals surface area (Å²) in [6, 6.07) is 83.2. The molecule has 1 aliphatic carbocycles. The molecule has 2 heteroatoms. The van der Waals surface area contributed by atoms with Gasteiger partial charge in [-0.3, -0.25) is 9.97 Å². The predicted octanol–water partition coefficient (Wildman–Crippen LogP) is 14.8. The summed E-state index contributed by atoms with van der Waals surface area (Å²) < 4.78 is 0. The van der Waals surface area contributed by atoms with E-state index in [1.165, 1.54) is 55.6 Å². The summed E-state index contributed by atoms with van der Waals surface area (Å²) >= 11 is 0. The van der Waals surface area contributed by atoms with Gasteiger partial charge in [0.05, 0.1) is 16.8 Å². The third kappa shape index (κ3) is 6.29. The molecule has 0 aliphatic heterocycles. The lowest BCUT2D eigenvalue weighted by Crippen LogP contribution is -2.30. The topological polar surface area (TPSA) is 25.8 Å². The lowest BCUT2D eigenvalue weighted by molar-refractivity contribution is 0.772. The Labute approximate surface area is 357 Å². The molecule has 0 saturated carbocycles. The Morgan fingerprint density at radius 3 is 0.918 bits per heavy atom. The van der Waals surface area contributed by atoms with Crippen molar-refractivity contribution in [3.63, 3.8) is 0 Å². The highest BCUT2D eigenvalue weighted by Gasteiger charge is 2.49. The molecular weight excluding hydrogens is 737 g/mol. The second-order valence-electron chi connectivity index (χ2n) is 15.7. The highest BCUT2D eigenvalue weighted by atomic mass is 14.7. The summed E-state index contributed by atoms with van der Waals surface area (Å²) in [5.74, 6) is 0. The van der Waals surface area contributed by atoms with E-state index in [4.69, 9.17) is 9.97 Å². The number of nitrogens with zero attached hydrogens (tertiary/aromatic N) is 2. The van der Waals surface area contributed by atoms with E-state index in [1.54, 1.807) is 0 Å². The highest BCUT2D eigenvalue weighted by Crippen LogP contribution is 2.61. The summed E-state index contributed by atoms with van der Waals surface area (Å²) in [6.07, 6.45) is 3.97. The normalized spacial score (nSPS) is 12.4. The maximum atomic E-state index is 4.83. The number of aromatic nitrogens is 2. The van der Waals surface area contributed by atoms with E-state index in [0.29, 0.717) is 0 Å². The molecule has 1 aliphatic rings. The molecule has 0 atom stereocenters. The summed E-state index contributed by atoms with van der Waals surface area (Å²) in [5.41, 5.74) is 20.4. The van der Waals surface area contributed by atoms with Crippen LogP contribution < -0.4 is 0 Å². The fourth-order valence-corrected chi connectivity index (χ4v) is 9.46. The van der Waals surface area contributed by atoms with E-state index >= 15 is 0 Å². The van der Waals surface area contributed by atoms with E-state index < -0.39 is 5.41 Å². The maximum Gasteiger partial charge on any atom is 0.0725 e. The van der Waals surface area contributed by atoms with Gasteiger partial charge in [0.25, 0.3) is 0 Å². The lowest BCUT2D eigenvalue weighted by atomic mass is 9.64. The van der Waals surface area contributed by atoms with E-state index in [1.807, 2.05) is 24.5 Å². The first kappa shape index (κ1) is 36.2.